The predicted molar refractivity (Wildman–Crippen MR) is 112 cm³/mol. The summed E-state index contributed by atoms with van der Waals surface area (Å²) in [7, 11) is 0. The molecule has 1 N–H and O–H groups in total. The number of piperidine rings is 1. The second-order valence-corrected chi connectivity index (χ2v) is 8.93. The van der Waals surface area contributed by atoms with Crippen molar-refractivity contribution in [2.24, 2.45) is 0 Å². The summed E-state index contributed by atoms with van der Waals surface area (Å²) >= 11 is 1.86. The fourth-order valence-corrected chi connectivity index (χ4v) is 5.27. The molecule has 0 bridgehead atoms. The van der Waals surface area contributed by atoms with Crippen molar-refractivity contribution in [3.8, 4) is 11.3 Å². The third-order valence-electron chi connectivity index (χ3n) is 5.77. The summed E-state index contributed by atoms with van der Waals surface area (Å²) in [6, 6.07) is 8.38. The maximum Gasteiger partial charge on any atom is 0.132 e. The van der Waals surface area contributed by atoms with Crippen LogP contribution in [-0.2, 0) is 19.5 Å². The Hall–Kier alpha value is -2.22. The van der Waals surface area contributed by atoms with Gasteiger partial charge in [0.1, 0.15) is 16.6 Å². The Labute approximate surface area is 174 Å². The van der Waals surface area contributed by atoms with Gasteiger partial charge in [-0.15, -0.1) is 11.3 Å². The molecule has 5 rings (SSSR count). The first-order chi connectivity index (χ1) is 14.2. The van der Waals surface area contributed by atoms with Gasteiger partial charge in [-0.3, -0.25) is 4.90 Å². The fourth-order valence-electron chi connectivity index (χ4n) is 4.14. The lowest BCUT2D eigenvalue weighted by atomic mass is 9.95. The van der Waals surface area contributed by atoms with Gasteiger partial charge in [0.05, 0.1) is 17.9 Å². The first-order valence-corrected chi connectivity index (χ1v) is 11.1. The van der Waals surface area contributed by atoms with E-state index in [1.54, 1.807) is 12.1 Å². The first kappa shape index (κ1) is 18.8. The monoisotopic (exact) mass is 409 g/mol. The van der Waals surface area contributed by atoms with E-state index in [1.165, 1.54) is 27.7 Å². The summed E-state index contributed by atoms with van der Waals surface area (Å²) in [6.07, 6.45) is 4.98. The van der Waals surface area contributed by atoms with E-state index in [-0.39, 0.29) is 5.82 Å². The maximum atomic E-state index is 13.2. The third kappa shape index (κ3) is 4.22. The molecule has 2 aliphatic heterocycles. The standard InChI is InChI=1S/C22H24FN5S/c23-17-3-1-15(2-4-17)18-6-10-25-22(27-18)16-7-11-28(12-8-16)14-21-26-19-5-9-24-13-20(19)29-21/h1-4,6,10,16,24H,5,7-9,11-14H2. The molecular formula is C22H24FN5S. The molecular weight excluding hydrogens is 385 g/mol. The SMILES string of the molecule is Fc1ccc(-c2ccnc(C3CCN(Cc4nc5c(s4)CNCC5)CC3)n2)cc1. The average Bonchev–Trinajstić information content (AvgIpc) is 3.17. The maximum absolute atomic E-state index is 13.2. The van der Waals surface area contributed by atoms with Crippen LogP contribution in [0.2, 0.25) is 0 Å². The number of benzene rings is 1. The zero-order valence-corrected chi connectivity index (χ0v) is 17.1. The minimum absolute atomic E-state index is 0.229. The predicted octanol–water partition coefficient (Wildman–Crippen LogP) is 3.76. The van der Waals surface area contributed by atoms with Crippen LogP contribution in [0.15, 0.2) is 36.5 Å². The molecule has 2 aromatic heterocycles. The molecule has 4 heterocycles. The van der Waals surface area contributed by atoms with E-state index in [0.29, 0.717) is 5.92 Å². The van der Waals surface area contributed by atoms with Crippen LogP contribution in [-0.4, -0.2) is 39.5 Å². The second-order valence-electron chi connectivity index (χ2n) is 7.76. The van der Waals surface area contributed by atoms with E-state index in [4.69, 9.17) is 9.97 Å². The second kappa shape index (κ2) is 8.26. The fraction of sp³-hybridized carbons (Fsp3) is 0.409. The van der Waals surface area contributed by atoms with E-state index >= 15 is 0 Å². The van der Waals surface area contributed by atoms with Gasteiger partial charge in [0.25, 0.3) is 0 Å². The Morgan fingerprint density at radius 3 is 2.72 bits per heavy atom. The summed E-state index contributed by atoms with van der Waals surface area (Å²) in [6.45, 7) is 5.03. The number of thiazole rings is 1. The van der Waals surface area contributed by atoms with Gasteiger partial charge >= 0.3 is 0 Å². The molecule has 0 radical (unpaired) electrons. The van der Waals surface area contributed by atoms with Crippen molar-refractivity contribution in [2.45, 2.75) is 38.3 Å². The summed E-state index contributed by atoms with van der Waals surface area (Å²) < 4.78 is 13.2. The average molecular weight is 410 g/mol. The van der Waals surface area contributed by atoms with Crippen LogP contribution in [0, 0.1) is 5.82 Å². The van der Waals surface area contributed by atoms with Crippen LogP contribution in [0.4, 0.5) is 4.39 Å². The quantitative estimate of drug-likeness (QED) is 0.711. The van der Waals surface area contributed by atoms with Crippen LogP contribution < -0.4 is 5.32 Å². The van der Waals surface area contributed by atoms with Gasteiger partial charge in [-0.2, -0.15) is 0 Å². The minimum Gasteiger partial charge on any atom is -0.311 e. The number of hydrogen-bond acceptors (Lipinski definition) is 6. The molecule has 1 aromatic carbocycles. The molecule has 7 heteroatoms. The van der Waals surface area contributed by atoms with Gasteiger partial charge in [-0.1, -0.05) is 0 Å². The molecule has 0 unspecified atom stereocenters. The van der Waals surface area contributed by atoms with Crippen LogP contribution in [0.5, 0.6) is 0 Å². The summed E-state index contributed by atoms with van der Waals surface area (Å²) in [4.78, 5) is 18.1. The van der Waals surface area contributed by atoms with Gasteiger partial charge in [-0.25, -0.2) is 19.3 Å². The van der Waals surface area contributed by atoms with Crippen molar-refractivity contribution in [3.05, 3.63) is 63.7 Å². The topological polar surface area (TPSA) is 53.9 Å². The van der Waals surface area contributed by atoms with Crippen LogP contribution in [0.1, 0.15) is 40.2 Å². The summed E-state index contributed by atoms with van der Waals surface area (Å²) in [5.74, 6) is 1.05. The summed E-state index contributed by atoms with van der Waals surface area (Å²) in [5.41, 5.74) is 3.08. The van der Waals surface area contributed by atoms with Gasteiger partial charge < -0.3 is 5.32 Å². The number of nitrogens with zero attached hydrogens (tertiary/aromatic N) is 4. The highest BCUT2D eigenvalue weighted by atomic mass is 32.1. The van der Waals surface area contributed by atoms with E-state index in [2.05, 4.69) is 15.2 Å². The third-order valence-corrected chi connectivity index (χ3v) is 6.85. The number of fused-ring (bicyclic) bond motifs is 1. The van der Waals surface area contributed by atoms with Gasteiger partial charge in [0.15, 0.2) is 0 Å². The number of likely N-dealkylation sites (tertiary alicyclic amines) is 1. The van der Waals surface area contributed by atoms with E-state index in [0.717, 1.165) is 69.1 Å². The van der Waals surface area contributed by atoms with Crippen LogP contribution in [0.3, 0.4) is 0 Å². The lowest BCUT2D eigenvalue weighted by molar-refractivity contribution is 0.201. The zero-order chi connectivity index (χ0) is 19.6. The Morgan fingerprint density at radius 1 is 1.10 bits per heavy atom. The lowest BCUT2D eigenvalue weighted by Gasteiger charge is -2.30. The Morgan fingerprint density at radius 2 is 1.93 bits per heavy atom. The highest BCUT2D eigenvalue weighted by Gasteiger charge is 2.24. The number of nitrogens with one attached hydrogen (secondary N) is 1. The van der Waals surface area contributed by atoms with Crippen molar-refractivity contribution in [3.63, 3.8) is 0 Å². The molecule has 3 aromatic rings. The minimum atomic E-state index is -0.229. The number of halogens is 1. The molecule has 150 valence electrons. The van der Waals surface area contributed by atoms with E-state index < -0.39 is 0 Å². The molecule has 1 fully saturated rings. The highest BCUT2D eigenvalue weighted by molar-refractivity contribution is 7.11. The largest absolute Gasteiger partial charge is 0.311 e. The number of hydrogen-bond donors (Lipinski definition) is 1. The number of aromatic nitrogens is 3. The smallest absolute Gasteiger partial charge is 0.132 e. The Bertz CT molecular complexity index is 956. The Kier molecular flexibility index (Phi) is 5.35. The van der Waals surface area contributed by atoms with E-state index in [1.807, 2.05) is 23.6 Å². The zero-order valence-electron chi connectivity index (χ0n) is 16.3. The molecule has 5 nitrogen and oxygen atoms in total. The van der Waals surface area contributed by atoms with Gasteiger partial charge in [-0.05, 0) is 56.3 Å². The summed E-state index contributed by atoms with van der Waals surface area (Å²) in [5, 5.41) is 4.67. The highest BCUT2D eigenvalue weighted by Crippen LogP contribution is 2.29. The first-order valence-electron chi connectivity index (χ1n) is 10.2. The molecule has 1 saturated heterocycles. The van der Waals surface area contributed by atoms with Gasteiger partial charge in [0.2, 0.25) is 0 Å². The molecule has 0 aliphatic carbocycles. The molecule has 0 amide bonds. The van der Waals surface area contributed by atoms with Crippen molar-refractivity contribution in [1.82, 2.24) is 25.2 Å². The van der Waals surface area contributed by atoms with Crippen LogP contribution >= 0.6 is 11.3 Å². The molecule has 2 aliphatic rings. The van der Waals surface area contributed by atoms with Gasteiger partial charge in [0, 0.05) is 42.1 Å². The number of rotatable bonds is 4. The normalized spacial score (nSPS) is 18.0. The van der Waals surface area contributed by atoms with Crippen molar-refractivity contribution >= 4 is 11.3 Å². The van der Waals surface area contributed by atoms with Crippen molar-refractivity contribution < 1.29 is 4.39 Å². The molecule has 0 saturated carbocycles. The molecule has 0 atom stereocenters. The van der Waals surface area contributed by atoms with Crippen molar-refractivity contribution in [2.75, 3.05) is 19.6 Å². The molecule has 29 heavy (non-hydrogen) atoms. The Balaban J connectivity index is 1.22. The lowest BCUT2D eigenvalue weighted by Crippen LogP contribution is -2.33. The molecule has 0 spiro atoms. The van der Waals surface area contributed by atoms with E-state index in [9.17, 15) is 4.39 Å². The van der Waals surface area contributed by atoms with Crippen molar-refractivity contribution in [1.29, 1.82) is 0 Å². The van der Waals surface area contributed by atoms with Crippen LogP contribution in [0.25, 0.3) is 11.3 Å².